The van der Waals surface area contributed by atoms with Crippen molar-refractivity contribution < 1.29 is 92.4 Å². The largest absolute Gasteiger partial charge is 1.00 e. The Labute approximate surface area is 222 Å². The van der Waals surface area contributed by atoms with Crippen LogP contribution in [0.5, 0.6) is 23.0 Å². The van der Waals surface area contributed by atoms with Crippen LogP contribution in [-0.4, -0.2) is 35.1 Å². The Kier molecular flexibility index (Phi) is 16.2. The van der Waals surface area contributed by atoms with E-state index >= 15 is 0 Å². The van der Waals surface area contributed by atoms with Crippen molar-refractivity contribution in [3.8, 4) is 23.0 Å². The van der Waals surface area contributed by atoms with Crippen molar-refractivity contribution in [2.24, 2.45) is 0 Å². The minimum absolute atomic E-state index is 0. The average molecular weight is 454 g/mol. The molecule has 30 heavy (non-hydrogen) atoms. The summed E-state index contributed by atoms with van der Waals surface area (Å²) < 4.78 is 30.4. The van der Waals surface area contributed by atoms with Gasteiger partial charge in [-0.15, -0.1) is 0 Å². The summed E-state index contributed by atoms with van der Waals surface area (Å²) in [5.41, 5.74) is 3.16. The van der Waals surface area contributed by atoms with Gasteiger partial charge in [0.05, 0.1) is 28.4 Å². The van der Waals surface area contributed by atoms with Gasteiger partial charge in [-0.1, -0.05) is 25.8 Å². The molecule has 2 rings (SSSR count). The van der Waals surface area contributed by atoms with Crippen LogP contribution in [0.15, 0.2) is 30.3 Å². The van der Waals surface area contributed by atoms with Gasteiger partial charge in [-0.2, -0.15) is 0 Å². The third kappa shape index (κ3) is 11.2. The van der Waals surface area contributed by atoms with Crippen LogP contribution in [0.25, 0.3) is 12.2 Å². The molecule has 0 bridgehead atoms. The van der Waals surface area contributed by atoms with Crippen molar-refractivity contribution in [1.29, 1.82) is 0 Å². The van der Waals surface area contributed by atoms with Gasteiger partial charge in [0.15, 0.2) is 11.5 Å². The predicted octanol–water partition coefficient (Wildman–Crippen LogP) is -3.26. The third-order valence-corrected chi connectivity index (χ3v) is 3.57. The molecule has 2 aromatic rings. The van der Waals surface area contributed by atoms with Gasteiger partial charge in [0.1, 0.15) is 5.75 Å². The van der Waals surface area contributed by atoms with Gasteiger partial charge in [-0.25, -0.2) is 0 Å². The summed E-state index contributed by atoms with van der Waals surface area (Å²) in [6.45, 7) is 2.66. The molecule has 0 atom stereocenters. The molecule has 0 heterocycles. The first-order chi connectivity index (χ1) is 13.1. The standard InChI is InChI=1S/C19H22O4.CH5O3P.2Na/c1-13-10-14(8-9-16(13)20-2)6-7-15-11-17(21-3)19(23-5)18(12-15)22-4;1-5(2,3)4;;/h6-12H,1-5H3;1H3,(H2,2,3,4);;/q;;2*+1/p-2/b7-6-;;;. The Hall–Kier alpha value is -0.470. The molecule has 0 aliphatic rings. The van der Waals surface area contributed by atoms with Gasteiger partial charge in [-0.05, 0) is 54.5 Å². The molecule has 0 saturated carbocycles. The van der Waals surface area contributed by atoms with Crippen LogP contribution in [0.3, 0.4) is 0 Å². The SMILES string of the molecule is COc1ccc(/C=C\c2cc(OC)c(OC)c(OC)c2)cc1C.CP(=O)([O-])[O-].[Na+].[Na+]. The number of ether oxygens (including phenoxy) is 4. The molecule has 0 aromatic heterocycles. The second kappa shape index (κ2) is 15.4. The van der Waals surface area contributed by atoms with Crippen molar-refractivity contribution >= 4 is 19.7 Å². The van der Waals surface area contributed by atoms with Crippen molar-refractivity contribution in [2.75, 3.05) is 35.1 Å². The summed E-state index contributed by atoms with van der Waals surface area (Å²) in [5.74, 6) is 2.75. The van der Waals surface area contributed by atoms with E-state index in [1.165, 1.54) is 0 Å². The second-order valence-corrected chi connectivity index (χ2v) is 7.34. The van der Waals surface area contributed by atoms with Crippen molar-refractivity contribution in [2.45, 2.75) is 6.92 Å². The number of aryl methyl sites for hydroxylation is 1. The summed E-state index contributed by atoms with van der Waals surface area (Å²) >= 11 is 0. The van der Waals surface area contributed by atoms with E-state index in [0.29, 0.717) is 23.9 Å². The molecule has 0 spiro atoms. The van der Waals surface area contributed by atoms with E-state index in [2.05, 4.69) is 6.07 Å². The van der Waals surface area contributed by atoms with E-state index in [1.54, 1.807) is 28.4 Å². The molecule has 0 unspecified atom stereocenters. The summed E-state index contributed by atoms with van der Waals surface area (Å²) in [6.07, 6.45) is 4.04. The molecule has 0 aliphatic heterocycles. The molecule has 154 valence electrons. The fourth-order valence-corrected chi connectivity index (χ4v) is 2.40. The molecule has 10 heteroatoms. The van der Waals surface area contributed by atoms with Crippen molar-refractivity contribution in [1.82, 2.24) is 0 Å². The summed E-state index contributed by atoms with van der Waals surface area (Å²) in [4.78, 5) is 18.2. The topological polar surface area (TPSA) is 100 Å². The Morgan fingerprint density at radius 3 is 1.57 bits per heavy atom. The first-order valence-electron chi connectivity index (χ1n) is 8.25. The van der Waals surface area contributed by atoms with E-state index in [9.17, 15) is 0 Å². The molecule has 0 fully saturated rings. The van der Waals surface area contributed by atoms with Gasteiger partial charge < -0.3 is 33.3 Å². The molecule has 0 amide bonds. The molecule has 7 nitrogen and oxygen atoms in total. The van der Waals surface area contributed by atoms with Crippen LogP contribution < -0.4 is 87.8 Å². The molecule has 2 aromatic carbocycles. The molecule has 0 N–H and O–H groups in total. The van der Waals surface area contributed by atoms with E-state index in [4.69, 9.17) is 33.3 Å². The predicted molar refractivity (Wildman–Crippen MR) is 106 cm³/mol. The second-order valence-electron chi connectivity index (χ2n) is 5.79. The van der Waals surface area contributed by atoms with Crippen molar-refractivity contribution in [3.63, 3.8) is 0 Å². The van der Waals surface area contributed by atoms with Gasteiger partial charge in [0.25, 0.3) is 0 Å². The Bertz CT molecular complexity index is 833. The van der Waals surface area contributed by atoms with E-state index in [1.807, 2.05) is 43.3 Å². The van der Waals surface area contributed by atoms with Gasteiger partial charge in [-0.3, -0.25) is 0 Å². The third-order valence-electron chi connectivity index (χ3n) is 3.57. The maximum atomic E-state index is 9.10. The number of hydrogen-bond donors (Lipinski definition) is 0. The Balaban J connectivity index is 0. The smallest absolute Gasteiger partial charge is 0.811 e. The molecule has 0 aliphatic carbocycles. The van der Waals surface area contributed by atoms with Crippen LogP contribution in [0, 0.1) is 6.92 Å². The fourth-order valence-electron chi connectivity index (χ4n) is 2.40. The van der Waals surface area contributed by atoms with Gasteiger partial charge in [0, 0.05) is 0 Å². The maximum Gasteiger partial charge on any atom is 1.00 e. The summed E-state index contributed by atoms with van der Waals surface area (Å²) in [5, 5.41) is 0. The van der Waals surface area contributed by atoms with Crippen LogP contribution >= 0.6 is 7.60 Å². The number of hydrogen-bond acceptors (Lipinski definition) is 7. The van der Waals surface area contributed by atoms with Crippen LogP contribution in [0.4, 0.5) is 0 Å². The molecular weight excluding hydrogens is 429 g/mol. The van der Waals surface area contributed by atoms with E-state index in [0.717, 1.165) is 22.4 Å². The van der Waals surface area contributed by atoms with Crippen molar-refractivity contribution in [3.05, 3.63) is 47.0 Å². The zero-order valence-electron chi connectivity index (χ0n) is 18.8. The van der Waals surface area contributed by atoms with E-state index < -0.39 is 7.60 Å². The molecular formula is C20H25Na2O7P. The molecule has 0 radical (unpaired) electrons. The zero-order chi connectivity index (χ0) is 21.3. The van der Waals surface area contributed by atoms with Gasteiger partial charge in [0.2, 0.25) is 5.75 Å². The zero-order valence-corrected chi connectivity index (χ0v) is 23.7. The maximum absolute atomic E-state index is 9.10. The number of methoxy groups -OCH3 is 4. The first-order valence-corrected chi connectivity index (χ1v) is 10.2. The average Bonchev–Trinajstić information content (AvgIpc) is 2.64. The fraction of sp³-hybridized carbons (Fsp3) is 0.300. The number of rotatable bonds is 6. The molecule has 0 saturated heterocycles. The first kappa shape index (κ1) is 31.7. The van der Waals surface area contributed by atoms with Crippen LogP contribution in [-0.2, 0) is 4.57 Å². The normalized spacial score (nSPS) is 10.1. The minimum atomic E-state index is -4.14. The van der Waals surface area contributed by atoms with Crippen LogP contribution in [0.2, 0.25) is 0 Å². The summed E-state index contributed by atoms with van der Waals surface area (Å²) in [6, 6.07) is 9.88. The quantitative estimate of drug-likeness (QED) is 0.257. The number of benzene rings is 2. The minimum Gasteiger partial charge on any atom is -0.811 e. The Morgan fingerprint density at radius 2 is 1.20 bits per heavy atom. The van der Waals surface area contributed by atoms with E-state index in [-0.39, 0.29) is 59.1 Å². The monoisotopic (exact) mass is 454 g/mol. The summed E-state index contributed by atoms with van der Waals surface area (Å²) in [7, 11) is 2.35. The Morgan fingerprint density at radius 1 is 0.767 bits per heavy atom. The van der Waals surface area contributed by atoms with Crippen LogP contribution in [0.1, 0.15) is 16.7 Å². The van der Waals surface area contributed by atoms with Gasteiger partial charge >= 0.3 is 59.1 Å².